The van der Waals surface area contributed by atoms with Gasteiger partial charge >= 0.3 is 0 Å². The topological polar surface area (TPSA) is 42.7 Å². The second kappa shape index (κ2) is 4.37. The van der Waals surface area contributed by atoms with E-state index in [1.54, 1.807) is 0 Å². The summed E-state index contributed by atoms with van der Waals surface area (Å²) in [5.41, 5.74) is 0. The van der Waals surface area contributed by atoms with Crippen molar-refractivity contribution in [2.45, 2.75) is 37.6 Å². The lowest BCUT2D eigenvalue weighted by atomic mass is 10.0. The van der Waals surface area contributed by atoms with Crippen molar-refractivity contribution >= 4 is 0 Å². The fourth-order valence-electron chi connectivity index (χ4n) is 2.74. The minimum atomic E-state index is 0.567. The Morgan fingerprint density at radius 1 is 1.19 bits per heavy atom. The van der Waals surface area contributed by atoms with Crippen LogP contribution >= 0.6 is 0 Å². The molecule has 0 aromatic carbocycles. The molecule has 1 aromatic rings. The zero-order valence-corrected chi connectivity index (χ0v) is 9.47. The number of piperidine rings is 1. The zero-order chi connectivity index (χ0) is 10.8. The number of nitrogens with one attached hydrogen (secondary N) is 1. The Kier molecular flexibility index (Phi) is 2.74. The first-order valence-electron chi connectivity index (χ1n) is 6.20. The first-order chi connectivity index (χ1) is 7.95. The van der Waals surface area contributed by atoms with E-state index < -0.39 is 0 Å². The van der Waals surface area contributed by atoms with Crippen LogP contribution in [-0.4, -0.2) is 27.9 Å². The minimum absolute atomic E-state index is 0.567. The fraction of sp³-hybridized carbons (Fsp3) is 0.667. The second-order valence-electron chi connectivity index (χ2n) is 4.72. The molecule has 3 rings (SSSR count). The highest BCUT2D eigenvalue weighted by atomic mass is 15.3. The highest BCUT2D eigenvalue weighted by Gasteiger charge is 2.23. The average Bonchev–Trinajstić information content (AvgIpc) is 3.01. The van der Waals surface area contributed by atoms with Gasteiger partial charge in [-0.1, -0.05) is 12.2 Å². The van der Waals surface area contributed by atoms with Gasteiger partial charge in [-0.2, -0.15) is 0 Å². The largest absolute Gasteiger partial charge is 0.317 e. The van der Waals surface area contributed by atoms with Crippen LogP contribution in [0.25, 0.3) is 0 Å². The summed E-state index contributed by atoms with van der Waals surface area (Å²) in [6.45, 7) is 2.23. The summed E-state index contributed by atoms with van der Waals surface area (Å²) < 4.78 is 2.32. The van der Waals surface area contributed by atoms with E-state index in [2.05, 4.69) is 32.2 Å². The molecule has 0 unspecified atom stereocenters. The Labute approximate surface area is 95.8 Å². The molecule has 0 spiro atoms. The third-order valence-corrected chi connectivity index (χ3v) is 3.68. The SMILES string of the molecule is C1=CCC(c2nncn2C2CCNCC2)C1. The molecule has 0 saturated carbocycles. The van der Waals surface area contributed by atoms with E-state index in [1.807, 2.05) is 6.33 Å². The molecule has 86 valence electrons. The van der Waals surface area contributed by atoms with E-state index in [1.165, 1.54) is 18.7 Å². The van der Waals surface area contributed by atoms with Crippen LogP contribution in [0.3, 0.4) is 0 Å². The van der Waals surface area contributed by atoms with E-state index in [0.717, 1.165) is 25.9 Å². The second-order valence-corrected chi connectivity index (χ2v) is 4.72. The molecule has 0 amide bonds. The van der Waals surface area contributed by atoms with Gasteiger partial charge in [0.1, 0.15) is 12.2 Å². The first kappa shape index (κ1) is 10.0. The van der Waals surface area contributed by atoms with Crippen molar-refractivity contribution in [2.24, 2.45) is 0 Å². The fourth-order valence-corrected chi connectivity index (χ4v) is 2.74. The molecular formula is C12H18N4. The number of hydrogen-bond acceptors (Lipinski definition) is 3. The van der Waals surface area contributed by atoms with Crippen molar-refractivity contribution in [1.29, 1.82) is 0 Å². The Hall–Kier alpha value is -1.16. The molecule has 2 heterocycles. The van der Waals surface area contributed by atoms with Gasteiger partial charge in [0.15, 0.2) is 0 Å². The molecule has 1 aliphatic heterocycles. The molecule has 4 heteroatoms. The number of hydrogen-bond donors (Lipinski definition) is 1. The zero-order valence-electron chi connectivity index (χ0n) is 9.47. The van der Waals surface area contributed by atoms with Gasteiger partial charge in [0.25, 0.3) is 0 Å². The average molecular weight is 218 g/mol. The molecule has 4 nitrogen and oxygen atoms in total. The normalized spacial score (nSPS) is 23.0. The van der Waals surface area contributed by atoms with Gasteiger partial charge in [-0.25, -0.2) is 0 Å². The van der Waals surface area contributed by atoms with Gasteiger partial charge in [-0.15, -0.1) is 10.2 Å². The number of aromatic nitrogens is 3. The molecule has 16 heavy (non-hydrogen) atoms. The van der Waals surface area contributed by atoms with Crippen molar-refractivity contribution in [1.82, 2.24) is 20.1 Å². The van der Waals surface area contributed by atoms with Gasteiger partial charge < -0.3 is 9.88 Å². The smallest absolute Gasteiger partial charge is 0.136 e. The monoisotopic (exact) mass is 218 g/mol. The van der Waals surface area contributed by atoms with Crippen molar-refractivity contribution in [3.63, 3.8) is 0 Å². The summed E-state index contributed by atoms with van der Waals surface area (Å²) in [5, 5.41) is 11.8. The molecule has 1 aromatic heterocycles. The summed E-state index contributed by atoms with van der Waals surface area (Å²) in [7, 11) is 0. The number of allylic oxidation sites excluding steroid dienone is 2. The standard InChI is InChI=1S/C12H18N4/c1-2-4-10(3-1)12-15-14-9-16(12)11-5-7-13-8-6-11/h1-2,9-11,13H,3-8H2. The van der Waals surface area contributed by atoms with Crippen LogP contribution in [0.2, 0.25) is 0 Å². The van der Waals surface area contributed by atoms with Crippen molar-refractivity contribution < 1.29 is 0 Å². The molecule has 1 aliphatic carbocycles. The summed E-state index contributed by atoms with van der Waals surface area (Å²) in [6, 6.07) is 0.604. The maximum absolute atomic E-state index is 4.33. The predicted octanol–water partition coefficient (Wildman–Crippen LogP) is 1.64. The molecule has 0 radical (unpaired) electrons. The van der Waals surface area contributed by atoms with Gasteiger partial charge in [-0.05, 0) is 38.8 Å². The Morgan fingerprint density at radius 3 is 2.69 bits per heavy atom. The van der Waals surface area contributed by atoms with Gasteiger partial charge in [0, 0.05) is 12.0 Å². The van der Waals surface area contributed by atoms with Crippen LogP contribution in [-0.2, 0) is 0 Å². The van der Waals surface area contributed by atoms with Gasteiger partial charge in [-0.3, -0.25) is 0 Å². The van der Waals surface area contributed by atoms with Crippen LogP contribution in [0.4, 0.5) is 0 Å². The lowest BCUT2D eigenvalue weighted by Gasteiger charge is -2.26. The summed E-state index contributed by atoms with van der Waals surface area (Å²) in [4.78, 5) is 0. The first-order valence-corrected chi connectivity index (χ1v) is 6.20. The van der Waals surface area contributed by atoms with E-state index in [9.17, 15) is 0 Å². The van der Waals surface area contributed by atoms with E-state index >= 15 is 0 Å². The third kappa shape index (κ3) is 1.78. The summed E-state index contributed by atoms with van der Waals surface area (Å²) in [6.07, 6.45) is 11.1. The predicted molar refractivity (Wildman–Crippen MR) is 62.3 cm³/mol. The van der Waals surface area contributed by atoms with Gasteiger partial charge in [0.05, 0.1) is 0 Å². The molecule has 0 bridgehead atoms. The van der Waals surface area contributed by atoms with Crippen LogP contribution in [0.5, 0.6) is 0 Å². The quantitative estimate of drug-likeness (QED) is 0.767. The Bertz CT molecular complexity index is 368. The molecular weight excluding hydrogens is 200 g/mol. The highest BCUT2D eigenvalue weighted by Crippen LogP contribution is 2.30. The Balaban J connectivity index is 1.80. The van der Waals surface area contributed by atoms with Crippen molar-refractivity contribution in [3.8, 4) is 0 Å². The van der Waals surface area contributed by atoms with Crippen LogP contribution in [0.1, 0.15) is 43.5 Å². The van der Waals surface area contributed by atoms with Crippen molar-refractivity contribution in [3.05, 3.63) is 24.3 Å². The van der Waals surface area contributed by atoms with Crippen LogP contribution in [0, 0.1) is 0 Å². The molecule has 1 fully saturated rings. The highest BCUT2D eigenvalue weighted by molar-refractivity contribution is 5.09. The van der Waals surface area contributed by atoms with E-state index in [-0.39, 0.29) is 0 Å². The maximum Gasteiger partial charge on any atom is 0.136 e. The molecule has 1 saturated heterocycles. The summed E-state index contributed by atoms with van der Waals surface area (Å²) >= 11 is 0. The summed E-state index contributed by atoms with van der Waals surface area (Å²) in [5.74, 6) is 1.76. The van der Waals surface area contributed by atoms with Gasteiger partial charge in [0.2, 0.25) is 0 Å². The lowest BCUT2D eigenvalue weighted by molar-refractivity contribution is 0.354. The molecule has 1 N–H and O–H groups in total. The van der Waals surface area contributed by atoms with Crippen LogP contribution < -0.4 is 5.32 Å². The number of rotatable bonds is 2. The van der Waals surface area contributed by atoms with Crippen molar-refractivity contribution in [2.75, 3.05) is 13.1 Å². The molecule has 2 aliphatic rings. The van der Waals surface area contributed by atoms with Crippen LogP contribution in [0.15, 0.2) is 18.5 Å². The van der Waals surface area contributed by atoms with E-state index in [4.69, 9.17) is 0 Å². The Morgan fingerprint density at radius 2 is 1.94 bits per heavy atom. The number of nitrogens with zero attached hydrogens (tertiary/aromatic N) is 3. The third-order valence-electron chi connectivity index (χ3n) is 3.68. The lowest BCUT2D eigenvalue weighted by Crippen LogP contribution is -2.30. The maximum atomic E-state index is 4.33. The van der Waals surface area contributed by atoms with E-state index in [0.29, 0.717) is 12.0 Å². The minimum Gasteiger partial charge on any atom is -0.317 e. The molecule has 0 atom stereocenters.